The minimum atomic E-state index is 0.176. The normalized spacial score (nSPS) is 25.5. The van der Waals surface area contributed by atoms with Crippen LogP contribution in [0.4, 0.5) is 0 Å². The number of phenols is 1. The van der Waals surface area contributed by atoms with Gasteiger partial charge in [0.05, 0.1) is 0 Å². The Bertz CT molecular complexity index is 541. The molecule has 22 heavy (non-hydrogen) atoms. The van der Waals surface area contributed by atoms with Crippen molar-refractivity contribution in [2.24, 2.45) is 5.92 Å². The van der Waals surface area contributed by atoms with Gasteiger partial charge in [-0.2, -0.15) is 0 Å². The molecule has 1 N–H and O–H groups in total. The number of allylic oxidation sites excluding steroid dienone is 1. The second kappa shape index (κ2) is 7.10. The Balaban J connectivity index is 1.67. The molecule has 3 nitrogen and oxygen atoms in total. The molecule has 1 atom stereocenters. The SMILES string of the molecule is O=C1/C(=C/c2ccc(O)cc2)CCC[C@H]1CN1CCCCC1. The minimum absolute atomic E-state index is 0.176. The van der Waals surface area contributed by atoms with Gasteiger partial charge in [0.2, 0.25) is 0 Å². The van der Waals surface area contributed by atoms with E-state index in [4.69, 9.17) is 0 Å². The van der Waals surface area contributed by atoms with Gasteiger partial charge < -0.3 is 10.0 Å². The van der Waals surface area contributed by atoms with E-state index in [0.717, 1.165) is 50.0 Å². The molecule has 0 bridgehead atoms. The van der Waals surface area contributed by atoms with Crippen molar-refractivity contribution >= 4 is 11.9 Å². The van der Waals surface area contributed by atoms with Gasteiger partial charge in [0.15, 0.2) is 5.78 Å². The minimum Gasteiger partial charge on any atom is -0.508 e. The smallest absolute Gasteiger partial charge is 0.163 e. The molecule has 2 fully saturated rings. The Morgan fingerprint density at radius 2 is 1.82 bits per heavy atom. The number of hydrogen-bond donors (Lipinski definition) is 1. The molecule has 1 heterocycles. The summed E-state index contributed by atoms with van der Waals surface area (Å²) in [6.07, 6.45) is 8.91. The largest absolute Gasteiger partial charge is 0.508 e. The van der Waals surface area contributed by atoms with Crippen LogP contribution in [-0.4, -0.2) is 35.4 Å². The van der Waals surface area contributed by atoms with Gasteiger partial charge in [-0.05, 0) is 74.5 Å². The molecular formula is C19H25NO2. The molecule has 1 aromatic carbocycles. The number of aromatic hydroxyl groups is 1. The highest BCUT2D eigenvalue weighted by molar-refractivity contribution is 6.01. The van der Waals surface area contributed by atoms with Crippen molar-refractivity contribution in [1.29, 1.82) is 0 Å². The van der Waals surface area contributed by atoms with E-state index in [1.54, 1.807) is 12.1 Å². The maximum absolute atomic E-state index is 12.7. The summed E-state index contributed by atoms with van der Waals surface area (Å²) in [6, 6.07) is 7.07. The highest BCUT2D eigenvalue weighted by atomic mass is 16.3. The molecule has 3 rings (SSSR count). The van der Waals surface area contributed by atoms with Gasteiger partial charge in [0.1, 0.15) is 5.75 Å². The van der Waals surface area contributed by atoms with Gasteiger partial charge in [0, 0.05) is 12.5 Å². The van der Waals surface area contributed by atoms with Crippen LogP contribution in [-0.2, 0) is 4.79 Å². The lowest BCUT2D eigenvalue weighted by Gasteiger charge is -2.32. The summed E-state index contributed by atoms with van der Waals surface area (Å²) in [5.41, 5.74) is 1.96. The van der Waals surface area contributed by atoms with E-state index < -0.39 is 0 Å². The van der Waals surface area contributed by atoms with E-state index in [2.05, 4.69) is 4.90 Å². The number of nitrogens with zero attached hydrogens (tertiary/aromatic N) is 1. The maximum Gasteiger partial charge on any atom is 0.163 e. The van der Waals surface area contributed by atoms with Crippen LogP contribution in [0.5, 0.6) is 5.75 Å². The van der Waals surface area contributed by atoms with Crippen LogP contribution in [0, 0.1) is 5.92 Å². The van der Waals surface area contributed by atoms with Gasteiger partial charge in [-0.15, -0.1) is 0 Å². The standard InChI is InChI=1S/C19H25NO2/c21-18-9-7-15(8-10-18)13-16-5-4-6-17(19(16)22)14-20-11-2-1-3-12-20/h7-10,13,17,21H,1-6,11-12,14H2/b16-13+/t17-/m0/s1. The number of rotatable bonds is 3. The molecule has 1 aliphatic heterocycles. The molecule has 118 valence electrons. The van der Waals surface area contributed by atoms with Crippen LogP contribution in [0.25, 0.3) is 6.08 Å². The van der Waals surface area contributed by atoms with E-state index in [0.29, 0.717) is 5.78 Å². The van der Waals surface area contributed by atoms with Gasteiger partial charge in [-0.25, -0.2) is 0 Å². The lowest BCUT2D eigenvalue weighted by atomic mass is 9.83. The van der Waals surface area contributed by atoms with Crippen molar-refractivity contribution in [1.82, 2.24) is 4.90 Å². The van der Waals surface area contributed by atoms with E-state index in [1.165, 1.54) is 19.3 Å². The van der Waals surface area contributed by atoms with E-state index >= 15 is 0 Å². The number of hydrogen-bond acceptors (Lipinski definition) is 3. The maximum atomic E-state index is 12.7. The lowest BCUT2D eigenvalue weighted by Crippen LogP contribution is -2.38. The van der Waals surface area contributed by atoms with Crippen molar-refractivity contribution < 1.29 is 9.90 Å². The molecule has 0 aromatic heterocycles. The van der Waals surface area contributed by atoms with Crippen molar-refractivity contribution in [3.63, 3.8) is 0 Å². The third-order valence-corrected chi connectivity index (χ3v) is 4.85. The average Bonchev–Trinajstić information content (AvgIpc) is 2.54. The number of likely N-dealkylation sites (tertiary alicyclic amines) is 1. The van der Waals surface area contributed by atoms with E-state index in [-0.39, 0.29) is 11.7 Å². The highest BCUT2D eigenvalue weighted by Gasteiger charge is 2.28. The Kier molecular flexibility index (Phi) is 4.94. The fraction of sp³-hybridized carbons (Fsp3) is 0.526. The predicted octanol–water partition coefficient (Wildman–Crippen LogP) is 3.63. The molecule has 0 amide bonds. The summed E-state index contributed by atoms with van der Waals surface area (Å²) in [7, 11) is 0. The number of benzene rings is 1. The second-order valence-corrected chi connectivity index (χ2v) is 6.58. The summed E-state index contributed by atoms with van der Waals surface area (Å²) >= 11 is 0. The molecule has 2 aliphatic rings. The Labute approximate surface area is 132 Å². The predicted molar refractivity (Wildman–Crippen MR) is 88.7 cm³/mol. The number of carbonyl (C=O) groups is 1. The van der Waals surface area contributed by atoms with E-state index in [9.17, 15) is 9.90 Å². The zero-order valence-corrected chi connectivity index (χ0v) is 13.1. The first-order valence-electron chi connectivity index (χ1n) is 8.48. The Hall–Kier alpha value is -1.61. The van der Waals surface area contributed by atoms with E-state index in [1.807, 2.05) is 18.2 Å². The molecule has 1 aromatic rings. The highest BCUT2D eigenvalue weighted by Crippen LogP contribution is 2.28. The summed E-state index contributed by atoms with van der Waals surface area (Å²) in [4.78, 5) is 15.2. The average molecular weight is 299 g/mol. The Morgan fingerprint density at radius 1 is 1.09 bits per heavy atom. The first-order valence-corrected chi connectivity index (χ1v) is 8.48. The molecule has 0 spiro atoms. The molecule has 3 heteroatoms. The van der Waals surface area contributed by atoms with Crippen LogP contribution in [0.3, 0.4) is 0 Å². The summed E-state index contributed by atoms with van der Waals surface area (Å²) in [5, 5.41) is 9.35. The Morgan fingerprint density at radius 3 is 2.55 bits per heavy atom. The number of phenolic OH excluding ortho intramolecular Hbond substituents is 1. The third kappa shape index (κ3) is 3.77. The van der Waals surface area contributed by atoms with Gasteiger partial charge in [-0.3, -0.25) is 4.79 Å². The van der Waals surface area contributed by atoms with Crippen LogP contribution in [0.1, 0.15) is 44.1 Å². The molecule has 1 aliphatic carbocycles. The fourth-order valence-electron chi connectivity index (χ4n) is 3.60. The van der Waals surface area contributed by atoms with Gasteiger partial charge in [-0.1, -0.05) is 18.6 Å². The van der Waals surface area contributed by atoms with Gasteiger partial charge in [0.25, 0.3) is 0 Å². The molecule has 1 saturated carbocycles. The number of ketones is 1. The first-order chi connectivity index (χ1) is 10.7. The van der Waals surface area contributed by atoms with Crippen LogP contribution < -0.4 is 0 Å². The first kappa shape index (κ1) is 15.3. The second-order valence-electron chi connectivity index (χ2n) is 6.58. The van der Waals surface area contributed by atoms with Crippen LogP contribution >= 0.6 is 0 Å². The summed E-state index contributed by atoms with van der Waals surface area (Å²) in [5.74, 6) is 0.778. The fourth-order valence-corrected chi connectivity index (χ4v) is 3.60. The zero-order chi connectivity index (χ0) is 15.4. The lowest BCUT2D eigenvalue weighted by molar-refractivity contribution is -0.121. The number of carbonyl (C=O) groups excluding carboxylic acids is 1. The molecule has 0 radical (unpaired) electrons. The van der Waals surface area contributed by atoms with Crippen molar-refractivity contribution in [2.75, 3.05) is 19.6 Å². The van der Waals surface area contributed by atoms with Crippen LogP contribution in [0.15, 0.2) is 29.8 Å². The van der Waals surface area contributed by atoms with Crippen LogP contribution in [0.2, 0.25) is 0 Å². The quantitative estimate of drug-likeness (QED) is 0.866. The molecular weight excluding hydrogens is 274 g/mol. The molecule has 1 saturated heterocycles. The van der Waals surface area contributed by atoms with Crippen molar-refractivity contribution in [2.45, 2.75) is 38.5 Å². The molecule has 0 unspecified atom stereocenters. The summed E-state index contributed by atoms with van der Waals surface area (Å²) in [6.45, 7) is 3.24. The number of Topliss-reactive ketones (excluding diaryl/α,β-unsaturated/α-hetero) is 1. The number of piperidine rings is 1. The summed E-state index contributed by atoms with van der Waals surface area (Å²) < 4.78 is 0. The third-order valence-electron chi connectivity index (χ3n) is 4.85. The van der Waals surface area contributed by atoms with Gasteiger partial charge >= 0.3 is 0 Å². The van der Waals surface area contributed by atoms with Crippen molar-refractivity contribution in [3.05, 3.63) is 35.4 Å². The topological polar surface area (TPSA) is 40.5 Å². The zero-order valence-electron chi connectivity index (χ0n) is 13.1. The monoisotopic (exact) mass is 299 g/mol. The van der Waals surface area contributed by atoms with Crippen molar-refractivity contribution in [3.8, 4) is 5.75 Å².